The Bertz CT molecular complexity index is 418. The molecule has 2 heterocycles. The molecule has 0 aliphatic carbocycles. The standard InChI is InChI=1S/C9H12N4/c1-2-3-13-9-7(5-12-13)4-8(10)6-11-9/h4-6H,2-3,10H2,1H3. The van der Waals surface area contributed by atoms with Crippen molar-refractivity contribution in [1.82, 2.24) is 14.8 Å². The SMILES string of the molecule is CCCn1ncc2cc(N)cnc21. The number of anilines is 1. The van der Waals surface area contributed by atoms with Crippen LogP contribution in [0.25, 0.3) is 11.0 Å². The highest BCUT2D eigenvalue weighted by molar-refractivity contribution is 5.77. The summed E-state index contributed by atoms with van der Waals surface area (Å²) >= 11 is 0. The predicted octanol–water partition coefficient (Wildman–Crippen LogP) is 1.42. The summed E-state index contributed by atoms with van der Waals surface area (Å²) in [5, 5.41) is 5.23. The second-order valence-electron chi connectivity index (χ2n) is 3.05. The summed E-state index contributed by atoms with van der Waals surface area (Å²) in [6, 6.07) is 1.89. The molecule has 4 nitrogen and oxygen atoms in total. The topological polar surface area (TPSA) is 56.7 Å². The zero-order valence-corrected chi connectivity index (χ0v) is 7.57. The molecule has 0 aromatic carbocycles. The average molecular weight is 176 g/mol. The lowest BCUT2D eigenvalue weighted by molar-refractivity contribution is 0.617. The summed E-state index contributed by atoms with van der Waals surface area (Å²) in [4.78, 5) is 4.23. The molecule has 68 valence electrons. The van der Waals surface area contributed by atoms with E-state index < -0.39 is 0 Å². The van der Waals surface area contributed by atoms with Gasteiger partial charge in [0.15, 0.2) is 5.65 Å². The maximum Gasteiger partial charge on any atom is 0.157 e. The summed E-state index contributed by atoms with van der Waals surface area (Å²) < 4.78 is 1.90. The van der Waals surface area contributed by atoms with Gasteiger partial charge in [-0.15, -0.1) is 0 Å². The highest BCUT2D eigenvalue weighted by atomic mass is 15.3. The molecule has 2 aromatic heterocycles. The number of pyridine rings is 1. The van der Waals surface area contributed by atoms with Crippen molar-refractivity contribution in [3.8, 4) is 0 Å². The molecule has 0 unspecified atom stereocenters. The highest BCUT2D eigenvalue weighted by Gasteiger charge is 2.02. The first-order valence-corrected chi connectivity index (χ1v) is 4.38. The van der Waals surface area contributed by atoms with Crippen molar-refractivity contribution in [1.29, 1.82) is 0 Å². The van der Waals surface area contributed by atoms with Gasteiger partial charge in [-0.25, -0.2) is 9.67 Å². The molecule has 0 amide bonds. The average Bonchev–Trinajstić information content (AvgIpc) is 2.49. The minimum Gasteiger partial charge on any atom is -0.397 e. The minimum absolute atomic E-state index is 0.684. The Labute approximate surface area is 76.4 Å². The van der Waals surface area contributed by atoms with Crippen LogP contribution >= 0.6 is 0 Å². The van der Waals surface area contributed by atoms with E-state index in [1.54, 1.807) is 12.4 Å². The van der Waals surface area contributed by atoms with E-state index in [9.17, 15) is 0 Å². The van der Waals surface area contributed by atoms with Crippen LogP contribution in [-0.4, -0.2) is 14.8 Å². The number of nitrogens with two attached hydrogens (primary N) is 1. The molecule has 2 aromatic rings. The first kappa shape index (κ1) is 8.04. The molecule has 2 N–H and O–H groups in total. The maximum absolute atomic E-state index is 5.61. The van der Waals surface area contributed by atoms with Crippen molar-refractivity contribution >= 4 is 16.7 Å². The van der Waals surface area contributed by atoms with Crippen molar-refractivity contribution in [3.05, 3.63) is 18.5 Å². The molecule has 0 saturated heterocycles. The van der Waals surface area contributed by atoms with Gasteiger partial charge >= 0.3 is 0 Å². The van der Waals surface area contributed by atoms with E-state index in [2.05, 4.69) is 17.0 Å². The summed E-state index contributed by atoms with van der Waals surface area (Å²) in [5.41, 5.74) is 7.20. The Morgan fingerprint density at radius 3 is 3.08 bits per heavy atom. The van der Waals surface area contributed by atoms with Gasteiger partial charge in [0.1, 0.15) is 0 Å². The number of fused-ring (bicyclic) bond motifs is 1. The van der Waals surface area contributed by atoms with E-state index in [0.29, 0.717) is 5.69 Å². The zero-order chi connectivity index (χ0) is 9.26. The predicted molar refractivity (Wildman–Crippen MR) is 52.2 cm³/mol. The number of hydrogen-bond donors (Lipinski definition) is 1. The van der Waals surface area contributed by atoms with Crippen LogP contribution < -0.4 is 5.73 Å². The first-order valence-electron chi connectivity index (χ1n) is 4.38. The summed E-state index contributed by atoms with van der Waals surface area (Å²) in [6.45, 7) is 3.02. The molecule has 0 aliphatic rings. The number of nitrogen functional groups attached to an aromatic ring is 1. The van der Waals surface area contributed by atoms with Gasteiger partial charge in [0, 0.05) is 11.9 Å². The first-order chi connectivity index (χ1) is 6.31. The molecule has 0 bridgehead atoms. The highest BCUT2D eigenvalue weighted by Crippen LogP contribution is 2.13. The minimum atomic E-state index is 0.684. The molecule has 0 saturated carbocycles. The number of rotatable bonds is 2. The molecule has 13 heavy (non-hydrogen) atoms. The van der Waals surface area contributed by atoms with Crippen molar-refractivity contribution in [2.75, 3.05) is 5.73 Å². The molecule has 4 heteroatoms. The fourth-order valence-corrected chi connectivity index (χ4v) is 1.36. The molecule has 0 atom stereocenters. The third-order valence-corrected chi connectivity index (χ3v) is 1.93. The molecular formula is C9H12N4. The molecule has 0 aliphatic heterocycles. The largest absolute Gasteiger partial charge is 0.397 e. The van der Waals surface area contributed by atoms with Gasteiger partial charge in [0.25, 0.3) is 0 Å². The zero-order valence-electron chi connectivity index (χ0n) is 7.57. The number of hydrogen-bond acceptors (Lipinski definition) is 3. The number of nitrogens with zero attached hydrogens (tertiary/aromatic N) is 3. The van der Waals surface area contributed by atoms with Crippen LogP contribution in [0, 0.1) is 0 Å². The quantitative estimate of drug-likeness (QED) is 0.752. The van der Waals surface area contributed by atoms with Crippen LogP contribution in [0.5, 0.6) is 0 Å². The van der Waals surface area contributed by atoms with Crippen molar-refractivity contribution in [3.63, 3.8) is 0 Å². The van der Waals surface area contributed by atoms with Crippen LogP contribution in [0.15, 0.2) is 18.5 Å². The lowest BCUT2D eigenvalue weighted by atomic mass is 10.3. The van der Waals surface area contributed by atoms with Gasteiger partial charge < -0.3 is 5.73 Å². The Morgan fingerprint density at radius 1 is 1.46 bits per heavy atom. The summed E-state index contributed by atoms with van der Waals surface area (Å²) in [6.07, 6.45) is 4.52. The van der Waals surface area contributed by atoms with Crippen LogP contribution in [0.3, 0.4) is 0 Å². The van der Waals surface area contributed by atoms with Crippen molar-refractivity contribution in [2.45, 2.75) is 19.9 Å². The van der Waals surface area contributed by atoms with Gasteiger partial charge in [0.2, 0.25) is 0 Å². The lowest BCUT2D eigenvalue weighted by Crippen LogP contribution is -1.99. The van der Waals surface area contributed by atoms with E-state index in [-0.39, 0.29) is 0 Å². The van der Waals surface area contributed by atoms with E-state index >= 15 is 0 Å². The van der Waals surface area contributed by atoms with Crippen molar-refractivity contribution < 1.29 is 0 Å². The van der Waals surface area contributed by atoms with Crippen LogP contribution in [0.4, 0.5) is 5.69 Å². The Hall–Kier alpha value is -1.58. The van der Waals surface area contributed by atoms with E-state index in [0.717, 1.165) is 24.0 Å². The van der Waals surface area contributed by atoms with Crippen molar-refractivity contribution in [2.24, 2.45) is 0 Å². The Balaban J connectivity index is 2.55. The number of aryl methyl sites for hydroxylation is 1. The van der Waals surface area contributed by atoms with E-state index in [1.807, 2.05) is 10.7 Å². The van der Waals surface area contributed by atoms with Gasteiger partial charge in [-0.1, -0.05) is 6.92 Å². The molecule has 2 rings (SSSR count). The summed E-state index contributed by atoms with van der Waals surface area (Å²) in [5.74, 6) is 0. The monoisotopic (exact) mass is 176 g/mol. The fraction of sp³-hybridized carbons (Fsp3) is 0.333. The third-order valence-electron chi connectivity index (χ3n) is 1.93. The molecule has 0 fully saturated rings. The van der Waals surface area contributed by atoms with Gasteiger partial charge in [-0.3, -0.25) is 0 Å². The van der Waals surface area contributed by atoms with E-state index in [4.69, 9.17) is 5.73 Å². The summed E-state index contributed by atoms with van der Waals surface area (Å²) in [7, 11) is 0. The van der Waals surface area contributed by atoms with Crippen LogP contribution in [0.1, 0.15) is 13.3 Å². The number of aromatic nitrogens is 3. The molecular weight excluding hydrogens is 164 g/mol. The fourth-order valence-electron chi connectivity index (χ4n) is 1.36. The van der Waals surface area contributed by atoms with E-state index in [1.165, 1.54) is 0 Å². The van der Waals surface area contributed by atoms with Crippen LogP contribution in [0.2, 0.25) is 0 Å². The van der Waals surface area contributed by atoms with Gasteiger partial charge in [-0.2, -0.15) is 5.10 Å². The van der Waals surface area contributed by atoms with Gasteiger partial charge in [-0.05, 0) is 12.5 Å². The molecule has 0 spiro atoms. The third kappa shape index (κ3) is 1.35. The Morgan fingerprint density at radius 2 is 2.31 bits per heavy atom. The van der Waals surface area contributed by atoms with Crippen LogP contribution in [-0.2, 0) is 6.54 Å². The second kappa shape index (κ2) is 3.05. The smallest absolute Gasteiger partial charge is 0.157 e. The lowest BCUT2D eigenvalue weighted by Gasteiger charge is -1.99. The molecule has 0 radical (unpaired) electrons. The normalized spacial score (nSPS) is 10.8. The Kier molecular flexibility index (Phi) is 1.88. The van der Waals surface area contributed by atoms with Gasteiger partial charge in [0.05, 0.1) is 18.1 Å². The maximum atomic E-state index is 5.61. The second-order valence-corrected chi connectivity index (χ2v) is 3.05.